The lowest BCUT2D eigenvalue weighted by molar-refractivity contribution is -0.224. The van der Waals surface area contributed by atoms with Gasteiger partial charge in [-0.2, -0.15) is 0 Å². The van der Waals surface area contributed by atoms with Gasteiger partial charge in [0.05, 0.1) is 18.4 Å². The Balaban J connectivity index is 2.61. The number of hydrogen-bond acceptors (Lipinski definition) is 5. The van der Waals surface area contributed by atoms with Gasteiger partial charge in [-0.05, 0) is 6.92 Å². The summed E-state index contributed by atoms with van der Waals surface area (Å²) in [4.78, 5) is 3.91. The van der Waals surface area contributed by atoms with Crippen molar-refractivity contribution in [3.05, 3.63) is 0 Å². The zero-order valence-electron chi connectivity index (χ0n) is 8.06. The van der Waals surface area contributed by atoms with Crippen LogP contribution in [0.2, 0.25) is 0 Å². The highest BCUT2D eigenvalue weighted by Gasteiger charge is 2.35. The Morgan fingerprint density at radius 1 is 1.54 bits per heavy atom. The molecule has 5 nitrogen and oxygen atoms in total. The summed E-state index contributed by atoms with van der Waals surface area (Å²) in [5.41, 5.74) is 0.576. The van der Waals surface area contributed by atoms with Gasteiger partial charge in [-0.3, -0.25) is 4.99 Å². The van der Waals surface area contributed by atoms with E-state index in [1.807, 2.05) is 6.92 Å². The minimum Gasteiger partial charge on any atom is -0.390 e. The standard InChI is InChI=1S/C8H15NO4/c1-5-7(6(4-10)9-2)13-8(11-3)12-5/h5,7-8,10H,4H2,1-3H3. The van der Waals surface area contributed by atoms with Crippen LogP contribution in [0.4, 0.5) is 0 Å². The third kappa shape index (κ3) is 2.25. The lowest BCUT2D eigenvalue weighted by atomic mass is 10.1. The molecule has 0 amide bonds. The predicted molar refractivity (Wildman–Crippen MR) is 46.7 cm³/mol. The average Bonchev–Trinajstić information content (AvgIpc) is 2.50. The first-order chi connectivity index (χ1) is 6.22. The van der Waals surface area contributed by atoms with Gasteiger partial charge in [-0.25, -0.2) is 0 Å². The maximum Gasteiger partial charge on any atom is 0.272 e. The molecule has 1 aliphatic heterocycles. The van der Waals surface area contributed by atoms with Crippen LogP contribution >= 0.6 is 0 Å². The highest BCUT2D eigenvalue weighted by Crippen LogP contribution is 2.20. The number of aliphatic hydroxyl groups is 1. The first-order valence-electron chi connectivity index (χ1n) is 4.13. The van der Waals surface area contributed by atoms with Crippen molar-refractivity contribution >= 4 is 5.71 Å². The molecular formula is C8H15NO4. The van der Waals surface area contributed by atoms with E-state index in [0.717, 1.165) is 0 Å². The fourth-order valence-electron chi connectivity index (χ4n) is 1.26. The minimum atomic E-state index is -0.650. The van der Waals surface area contributed by atoms with Crippen LogP contribution in [0.5, 0.6) is 0 Å². The Hall–Kier alpha value is -0.490. The van der Waals surface area contributed by atoms with Crippen LogP contribution in [-0.2, 0) is 14.2 Å². The molecule has 1 saturated heterocycles. The largest absolute Gasteiger partial charge is 0.390 e. The molecule has 1 aliphatic rings. The topological polar surface area (TPSA) is 60.3 Å². The van der Waals surface area contributed by atoms with Crippen molar-refractivity contribution in [3.8, 4) is 0 Å². The Morgan fingerprint density at radius 3 is 2.62 bits per heavy atom. The van der Waals surface area contributed by atoms with Crippen molar-refractivity contribution in [2.24, 2.45) is 4.99 Å². The molecule has 1 rings (SSSR count). The second-order valence-corrected chi connectivity index (χ2v) is 2.80. The molecule has 1 heterocycles. The number of aliphatic hydroxyl groups excluding tert-OH is 1. The third-order valence-electron chi connectivity index (χ3n) is 1.98. The number of ether oxygens (including phenoxy) is 3. The maximum absolute atomic E-state index is 8.96. The maximum atomic E-state index is 8.96. The van der Waals surface area contributed by atoms with Gasteiger partial charge in [0, 0.05) is 14.2 Å². The molecule has 5 heteroatoms. The zero-order valence-corrected chi connectivity index (χ0v) is 8.06. The van der Waals surface area contributed by atoms with E-state index in [1.165, 1.54) is 7.11 Å². The minimum absolute atomic E-state index is 0.120. The van der Waals surface area contributed by atoms with Gasteiger partial charge in [-0.15, -0.1) is 0 Å². The fraction of sp³-hybridized carbons (Fsp3) is 0.875. The monoisotopic (exact) mass is 189 g/mol. The second-order valence-electron chi connectivity index (χ2n) is 2.80. The average molecular weight is 189 g/mol. The van der Waals surface area contributed by atoms with Crippen molar-refractivity contribution in [3.63, 3.8) is 0 Å². The number of aliphatic imine (C=N–C) groups is 1. The summed E-state index contributed by atoms with van der Waals surface area (Å²) >= 11 is 0. The van der Waals surface area contributed by atoms with E-state index in [0.29, 0.717) is 5.71 Å². The summed E-state index contributed by atoms with van der Waals surface area (Å²) in [5.74, 6) is 0. The molecule has 0 aromatic rings. The summed E-state index contributed by atoms with van der Waals surface area (Å²) < 4.78 is 15.5. The van der Waals surface area contributed by atoms with Crippen LogP contribution in [0.15, 0.2) is 4.99 Å². The number of hydrogen-bond donors (Lipinski definition) is 1. The molecule has 1 N–H and O–H groups in total. The van der Waals surface area contributed by atoms with Gasteiger partial charge < -0.3 is 19.3 Å². The lowest BCUT2D eigenvalue weighted by Crippen LogP contribution is -2.31. The molecule has 3 atom stereocenters. The molecular weight excluding hydrogens is 174 g/mol. The normalized spacial score (nSPS) is 35.4. The highest BCUT2D eigenvalue weighted by atomic mass is 16.9. The van der Waals surface area contributed by atoms with Crippen LogP contribution in [-0.4, -0.2) is 50.3 Å². The van der Waals surface area contributed by atoms with Crippen LogP contribution in [0.1, 0.15) is 6.92 Å². The van der Waals surface area contributed by atoms with Crippen molar-refractivity contribution in [2.75, 3.05) is 20.8 Å². The van der Waals surface area contributed by atoms with Crippen molar-refractivity contribution in [1.82, 2.24) is 0 Å². The second kappa shape index (κ2) is 4.66. The van der Waals surface area contributed by atoms with E-state index in [1.54, 1.807) is 7.05 Å². The lowest BCUT2D eigenvalue weighted by Gasteiger charge is -2.12. The molecule has 1 fully saturated rings. The van der Waals surface area contributed by atoms with Gasteiger partial charge in [0.1, 0.15) is 6.10 Å². The summed E-state index contributed by atoms with van der Waals surface area (Å²) in [6.45, 7) is 1.08. The quantitative estimate of drug-likeness (QED) is 0.624. The number of nitrogens with zero attached hydrogens (tertiary/aromatic N) is 1. The molecule has 0 aliphatic carbocycles. The van der Waals surface area contributed by atoms with Crippen LogP contribution < -0.4 is 0 Å². The Kier molecular flexibility index (Phi) is 3.80. The molecule has 0 aromatic heterocycles. The third-order valence-corrected chi connectivity index (χ3v) is 1.98. The highest BCUT2D eigenvalue weighted by molar-refractivity contribution is 5.90. The van der Waals surface area contributed by atoms with Crippen LogP contribution in [0.3, 0.4) is 0 Å². The van der Waals surface area contributed by atoms with E-state index in [9.17, 15) is 0 Å². The van der Waals surface area contributed by atoms with E-state index < -0.39 is 6.48 Å². The van der Waals surface area contributed by atoms with Crippen LogP contribution in [0, 0.1) is 0 Å². The Bertz CT molecular complexity index is 195. The zero-order chi connectivity index (χ0) is 9.84. The number of methoxy groups -OCH3 is 1. The van der Waals surface area contributed by atoms with Crippen molar-refractivity contribution in [2.45, 2.75) is 25.6 Å². The molecule has 0 radical (unpaired) electrons. The van der Waals surface area contributed by atoms with Gasteiger partial charge in [0.2, 0.25) is 0 Å². The molecule has 13 heavy (non-hydrogen) atoms. The van der Waals surface area contributed by atoms with E-state index in [-0.39, 0.29) is 18.8 Å². The summed E-state index contributed by atoms with van der Waals surface area (Å²) in [7, 11) is 3.11. The van der Waals surface area contributed by atoms with Gasteiger partial charge >= 0.3 is 0 Å². The van der Waals surface area contributed by atoms with Gasteiger partial charge in [-0.1, -0.05) is 0 Å². The molecule has 0 bridgehead atoms. The smallest absolute Gasteiger partial charge is 0.272 e. The van der Waals surface area contributed by atoms with Gasteiger partial charge in [0.15, 0.2) is 0 Å². The number of rotatable bonds is 3. The molecule has 0 aromatic carbocycles. The summed E-state index contributed by atoms with van der Waals surface area (Å²) in [6.07, 6.45) is -0.448. The molecule has 76 valence electrons. The summed E-state index contributed by atoms with van der Waals surface area (Å²) in [6, 6.07) is 0. The predicted octanol–water partition coefficient (Wildman–Crippen LogP) is -0.217. The Morgan fingerprint density at radius 2 is 2.23 bits per heavy atom. The molecule has 0 spiro atoms. The fourth-order valence-corrected chi connectivity index (χ4v) is 1.26. The van der Waals surface area contributed by atoms with Crippen molar-refractivity contribution < 1.29 is 19.3 Å². The first-order valence-corrected chi connectivity index (χ1v) is 4.13. The first kappa shape index (κ1) is 10.6. The van der Waals surface area contributed by atoms with E-state index >= 15 is 0 Å². The van der Waals surface area contributed by atoms with Crippen molar-refractivity contribution in [1.29, 1.82) is 0 Å². The van der Waals surface area contributed by atoms with E-state index in [4.69, 9.17) is 19.3 Å². The van der Waals surface area contributed by atoms with Crippen LogP contribution in [0.25, 0.3) is 0 Å². The van der Waals surface area contributed by atoms with Gasteiger partial charge in [0.25, 0.3) is 6.48 Å². The van der Waals surface area contributed by atoms with E-state index in [2.05, 4.69) is 4.99 Å². The SMILES string of the molecule is CN=C(CO)C1OC(OC)OC1C. The molecule has 0 saturated carbocycles. The summed E-state index contributed by atoms with van der Waals surface area (Å²) in [5, 5.41) is 8.96. The Labute approximate surface area is 77.3 Å². The molecule has 3 unspecified atom stereocenters.